The van der Waals surface area contributed by atoms with Crippen molar-refractivity contribution in [3.8, 4) is 0 Å². The molecule has 1 saturated heterocycles. The van der Waals surface area contributed by atoms with Gasteiger partial charge in [0.05, 0.1) is 16.9 Å². The molecule has 1 amide bonds. The zero-order valence-corrected chi connectivity index (χ0v) is 16.8. The second kappa shape index (κ2) is 8.15. The number of carbonyl (C=O) groups is 1. The number of nitrogens with one attached hydrogen (secondary N) is 1. The number of likely N-dealkylation sites (tertiary alicyclic amines) is 1. The van der Waals surface area contributed by atoms with Gasteiger partial charge in [0.15, 0.2) is 5.65 Å². The highest BCUT2D eigenvalue weighted by molar-refractivity contribution is 6.07. The van der Waals surface area contributed by atoms with Crippen LogP contribution in [0.3, 0.4) is 0 Å². The Morgan fingerprint density at radius 1 is 1.24 bits per heavy atom. The average molecular weight is 392 g/mol. The number of hydrogen-bond acceptors (Lipinski definition) is 4. The maximum atomic E-state index is 14.4. The fourth-order valence-electron chi connectivity index (χ4n) is 4.01. The smallest absolute Gasteiger partial charge is 0.257 e. The van der Waals surface area contributed by atoms with Crippen molar-refractivity contribution in [1.82, 2.24) is 14.9 Å². The predicted molar refractivity (Wildman–Crippen MR) is 113 cm³/mol. The Bertz CT molecular complexity index is 1050. The summed E-state index contributed by atoms with van der Waals surface area (Å²) in [6.45, 7) is 4.74. The highest BCUT2D eigenvalue weighted by Gasteiger charge is 2.29. The van der Waals surface area contributed by atoms with Crippen molar-refractivity contribution < 1.29 is 9.18 Å². The molecule has 29 heavy (non-hydrogen) atoms. The van der Waals surface area contributed by atoms with Crippen LogP contribution in [-0.2, 0) is 0 Å². The standard InChI is InChI=1S/C23H25FN4O/c1-3-16-8-6-7-13-28(16)23(29)18-14-25-22-17(12-11-15(2)26-22)21(18)27-20-10-5-4-9-19(20)24/h4-5,9-12,14,16H,3,6-8,13H2,1-2H3,(H,25,26,27)/t16-/m0/s1. The van der Waals surface area contributed by atoms with Crippen LogP contribution in [0.2, 0.25) is 0 Å². The molecule has 1 aliphatic heterocycles. The van der Waals surface area contributed by atoms with Gasteiger partial charge in [0, 0.05) is 29.9 Å². The first kappa shape index (κ1) is 19.3. The molecule has 1 atom stereocenters. The van der Waals surface area contributed by atoms with Crippen LogP contribution in [0.15, 0.2) is 42.6 Å². The van der Waals surface area contributed by atoms with E-state index >= 15 is 0 Å². The number of pyridine rings is 2. The zero-order valence-electron chi connectivity index (χ0n) is 16.8. The van der Waals surface area contributed by atoms with Gasteiger partial charge in [-0.2, -0.15) is 0 Å². The molecule has 6 heteroatoms. The van der Waals surface area contributed by atoms with Crippen LogP contribution in [0, 0.1) is 12.7 Å². The highest BCUT2D eigenvalue weighted by atomic mass is 19.1. The molecule has 3 aromatic rings. The number of anilines is 2. The molecular weight excluding hydrogens is 367 g/mol. The summed E-state index contributed by atoms with van der Waals surface area (Å²) in [6, 6.07) is 10.4. The molecule has 2 aromatic heterocycles. The summed E-state index contributed by atoms with van der Waals surface area (Å²) < 4.78 is 14.4. The number of aromatic nitrogens is 2. The Morgan fingerprint density at radius 2 is 2.07 bits per heavy atom. The Kier molecular flexibility index (Phi) is 5.43. The topological polar surface area (TPSA) is 58.1 Å². The van der Waals surface area contributed by atoms with Crippen molar-refractivity contribution in [1.29, 1.82) is 0 Å². The van der Waals surface area contributed by atoms with Crippen molar-refractivity contribution in [2.75, 3.05) is 11.9 Å². The van der Waals surface area contributed by atoms with Crippen LogP contribution in [-0.4, -0.2) is 33.4 Å². The van der Waals surface area contributed by atoms with Crippen molar-refractivity contribution >= 4 is 28.3 Å². The van der Waals surface area contributed by atoms with Crippen LogP contribution in [0.1, 0.15) is 48.7 Å². The molecule has 0 bridgehead atoms. The summed E-state index contributed by atoms with van der Waals surface area (Å²) in [4.78, 5) is 24.4. The number of amides is 1. The van der Waals surface area contributed by atoms with E-state index in [1.54, 1.807) is 24.4 Å². The SMILES string of the molecule is CC[C@H]1CCCCN1C(=O)c1cnc2nc(C)ccc2c1Nc1ccccc1F. The molecule has 4 rings (SSSR count). The molecule has 0 unspecified atom stereocenters. The zero-order chi connectivity index (χ0) is 20.4. The third-order valence-electron chi connectivity index (χ3n) is 5.59. The number of piperidine rings is 1. The van der Waals surface area contributed by atoms with Gasteiger partial charge in [0.1, 0.15) is 5.82 Å². The number of nitrogens with zero attached hydrogens (tertiary/aromatic N) is 3. The third-order valence-corrected chi connectivity index (χ3v) is 5.59. The van der Waals surface area contributed by atoms with E-state index in [9.17, 15) is 9.18 Å². The molecule has 1 aromatic carbocycles. The molecule has 0 spiro atoms. The molecular formula is C23H25FN4O. The van der Waals surface area contributed by atoms with Crippen LogP contribution in [0.4, 0.5) is 15.8 Å². The van der Waals surface area contributed by atoms with Gasteiger partial charge in [-0.25, -0.2) is 14.4 Å². The molecule has 3 heterocycles. The van der Waals surface area contributed by atoms with E-state index in [0.717, 1.165) is 37.9 Å². The van der Waals surface area contributed by atoms with Gasteiger partial charge in [-0.15, -0.1) is 0 Å². The number of aryl methyl sites for hydroxylation is 1. The summed E-state index contributed by atoms with van der Waals surface area (Å²) >= 11 is 0. The van der Waals surface area contributed by atoms with E-state index in [0.29, 0.717) is 28.0 Å². The van der Waals surface area contributed by atoms with Gasteiger partial charge in [-0.05, 0) is 56.9 Å². The van der Waals surface area contributed by atoms with Gasteiger partial charge in [0.2, 0.25) is 0 Å². The third kappa shape index (κ3) is 3.79. The first-order valence-electron chi connectivity index (χ1n) is 10.2. The number of carbonyl (C=O) groups excluding carboxylic acids is 1. The van der Waals surface area contributed by atoms with Crippen molar-refractivity contribution in [3.63, 3.8) is 0 Å². The largest absolute Gasteiger partial charge is 0.352 e. The monoisotopic (exact) mass is 392 g/mol. The maximum Gasteiger partial charge on any atom is 0.257 e. The Morgan fingerprint density at radius 3 is 2.86 bits per heavy atom. The summed E-state index contributed by atoms with van der Waals surface area (Å²) in [5.41, 5.74) is 2.69. The van der Waals surface area contributed by atoms with Gasteiger partial charge in [0.25, 0.3) is 5.91 Å². The lowest BCUT2D eigenvalue weighted by Gasteiger charge is -2.35. The lowest BCUT2D eigenvalue weighted by Crippen LogP contribution is -2.43. The quantitative estimate of drug-likeness (QED) is 0.661. The van der Waals surface area contributed by atoms with Gasteiger partial charge >= 0.3 is 0 Å². The summed E-state index contributed by atoms with van der Waals surface area (Å²) in [5.74, 6) is -0.439. The molecule has 0 saturated carbocycles. The van der Waals surface area contributed by atoms with E-state index < -0.39 is 0 Å². The van der Waals surface area contributed by atoms with E-state index in [2.05, 4.69) is 22.2 Å². The van der Waals surface area contributed by atoms with Crippen LogP contribution < -0.4 is 5.32 Å². The maximum absolute atomic E-state index is 14.4. The van der Waals surface area contributed by atoms with Gasteiger partial charge in [-0.3, -0.25) is 4.79 Å². The molecule has 1 N–H and O–H groups in total. The number of benzene rings is 1. The van der Waals surface area contributed by atoms with E-state index in [4.69, 9.17) is 0 Å². The highest BCUT2D eigenvalue weighted by Crippen LogP contribution is 2.32. The molecule has 0 aliphatic carbocycles. The average Bonchev–Trinajstić information content (AvgIpc) is 2.74. The summed E-state index contributed by atoms with van der Waals surface area (Å²) in [5, 5.41) is 3.86. The minimum absolute atomic E-state index is 0.0645. The second-order valence-electron chi connectivity index (χ2n) is 7.53. The van der Waals surface area contributed by atoms with Crippen molar-refractivity contribution in [3.05, 3.63) is 59.7 Å². The number of rotatable bonds is 4. The Hall–Kier alpha value is -3.02. The number of halogens is 1. The minimum Gasteiger partial charge on any atom is -0.352 e. The van der Waals surface area contributed by atoms with E-state index in [-0.39, 0.29) is 17.8 Å². The van der Waals surface area contributed by atoms with Crippen LogP contribution in [0.5, 0.6) is 0 Å². The summed E-state index contributed by atoms with van der Waals surface area (Å²) in [6.07, 6.45) is 5.65. The molecule has 0 radical (unpaired) electrons. The molecule has 1 aliphatic rings. The van der Waals surface area contributed by atoms with Gasteiger partial charge < -0.3 is 10.2 Å². The summed E-state index contributed by atoms with van der Waals surface area (Å²) in [7, 11) is 0. The van der Waals surface area contributed by atoms with Crippen molar-refractivity contribution in [2.24, 2.45) is 0 Å². The van der Waals surface area contributed by atoms with Crippen molar-refractivity contribution in [2.45, 2.75) is 45.6 Å². The molecule has 5 nitrogen and oxygen atoms in total. The van der Waals surface area contributed by atoms with Crippen LogP contribution >= 0.6 is 0 Å². The molecule has 150 valence electrons. The van der Waals surface area contributed by atoms with Crippen LogP contribution in [0.25, 0.3) is 11.0 Å². The second-order valence-corrected chi connectivity index (χ2v) is 7.53. The lowest BCUT2D eigenvalue weighted by molar-refractivity contribution is 0.0609. The fraction of sp³-hybridized carbons (Fsp3) is 0.348. The fourth-order valence-corrected chi connectivity index (χ4v) is 4.01. The number of fused-ring (bicyclic) bond motifs is 1. The first-order valence-corrected chi connectivity index (χ1v) is 10.2. The number of para-hydroxylation sites is 1. The lowest BCUT2D eigenvalue weighted by atomic mass is 9.98. The number of hydrogen-bond donors (Lipinski definition) is 1. The van der Waals surface area contributed by atoms with E-state index in [1.165, 1.54) is 6.07 Å². The van der Waals surface area contributed by atoms with Gasteiger partial charge in [-0.1, -0.05) is 19.1 Å². The Labute approximate surface area is 170 Å². The Balaban J connectivity index is 1.83. The predicted octanol–water partition coefficient (Wildman–Crippen LogP) is 5.23. The molecule has 1 fully saturated rings. The first-order chi connectivity index (χ1) is 14.1. The normalized spacial score (nSPS) is 16.8. The van der Waals surface area contributed by atoms with E-state index in [1.807, 2.05) is 24.0 Å². The minimum atomic E-state index is -0.375.